The summed E-state index contributed by atoms with van der Waals surface area (Å²) in [6, 6.07) is 16.3. The third-order valence-electron chi connectivity index (χ3n) is 6.32. The number of fused-ring (bicyclic) bond motifs is 1. The van der Waals surface area contributed by atoms with Crippen molar-refractivity contribution in [3.05, 3.63) is 90.1 Å². The molecular formula is C29H27N3O5. The largest absolute Gasteiger partial charge is 0.493 e. The van der Waals surface area contributed by atoms with E-state index in [2.05, 4.69) is 27.4 Å². The Kier molecular flexibility index (Phi) is 7.26. The van der Waals surface area contributed by atoms with Crippen molar-refractivity contribution >= 4 is 22.6 Å². The highest BCUT2D eigenvalue weighted by molar-refractivity contribution is 6.07. The molecule has 0 saturated heterocycles. The number of carboxylic acids is 1. The van der Waals surface area contributed by atoms with Crippen molar-refractivity contribution in [1.29, 1.82) is 0 Å². The van der Waals surface area contributed by atoms with Crippen LogP contribution in [0.25, 0.3) is 22.2 Å². The molecule has 2 heterocycles. The number of oxazole rings is 1. The lowest BCUT2D eigenvalue weighted by atomic mass is 9.96. The second-order valence-electron chi connectivity index (χ2n) is 8.98. The van der Waals surface area contributed by atoms with Crippen molar-refractivity contribution in [2.45, 2.75) is 25.7 Å². The van der Waals surface area contributed by atoms with Crippen LogP contribution in [0.3, 0.4) is 0 Å². The van der Waals surface area contributed by atoms with Gasteiger partial charge in [0.1, 0.15) is 23.4 Å². The highest BCUT2D eigenvalue weighted by atomic mass is 16.5. The zero-order valence-corrected chi connectivity index (χ0v) is 20.2. The van der Waals surface area contributed by atoms with Gasteiger partial charge in [-0.25, -0.2) is 14.8 Å². The minimum absolute atomic E-state index is 0.0733. The van der Waals surface area contributed by atoms with Gasteiger partial charge in [-0.1, -0.05) is 36.4 Å². The molecule has 0 saturated carbocycles. The standard InChI is InChI=1S/C29H27N3O5/c33-27(30-17-19-7-3-1-4-8-19)26-24-16-23(12-11-21(24)15-25(32-26)29(34)35)36-14-13-22-18-37-28(31-22)20-9-5-2-6-10-20/h2-3,5-7,9-12,15-16,18-19H,1,4,8,13-14,17H2,(H,30,33)(H,34,35). The van der Waals surface area contributed by atoms with Crippen LogP contribution in [-0.4, -0.2) is 40.1 Å². The van der Waals surface area contributed by atoms with E-state index in [0.717, 1.165) is 30.5 Å². The van der Waals surface area contributed by atoms with Crippen molar-refractivity contribution in [2.24, 2.45) is 5.92 Å². The first-order valence-electron chi connectivity index (χ1n) is 12.3. The Bertz CT molecular complexity index is 1440. The summed E-state index contributed by atoms with van der Waals surface area (Å²) in [5, 5.41) is 13.6. The van der Waals surface area contributed by atoms with Crippen LogP contribution >= 0.6 is 0 Å². The average Bonchev–Trinajstić information content (AvgIpc) is 3.41. The molecule has 37 heavy (non-hydrogen) atoms. The fourth-order valence-electron chi connectivity index (χ4n) is 4.37. The number of carboxylic acid groups (broad SMARTS) is 1. The van der Waals surface area contributed by atoms with Crippen molar-refractivity contribution in [1.82, 2.24) is 15.3 Å². The molecule has 4 aromatic rings. The van der Waals surface area contributed by atoms with E-state index in [4.69, 9.17) is 9.15 Å². The third-order valence-corrected chi connectivity index (χ3v) is 6.32. The molecule has 2 aromatic carbocycles. The first-order chi connectivity index (χ1) is 18.1. The van der Waals surface area contributed by atoms with Gasteiger partial charge >= 0.3 is 5.97 Å². The van der Waals surface area contributed by atoms with Crippen LogP contribution in [0, 0.1) is 5.92 Å². The Morgan fingerprint density at radius 1 is 1.11 bits per heavy atom. The Balaban J connectivity index is 1.30. The number of carbonyl (C=O) groups excluding carboxylic acids is 1. The molecule has 5 rings (SSSR count). The van der Waals surface area contributed by atoms with Crippen molar-refractivity contribution in [3.8, 4) is 17.2 Å². The highest BCUT2D eigenvalue weighted by Gasteiger charge is 2.19. The molecular weight excluding hydrogens is 470 g/mol. The summed E-state index contributed by atoms with van der Waals surface area (Å²) in [5.41, 5.74) is 1.57. The Morgan fingerprint density at radius 2 is 1.97 bits per heavy atom. The fourth-order valence-corrected chi connectivity index (χ4v) is 4.37. The zero-order valence-electron chi connectivity index (χ0n) is 20.2. The number of aromatic carboxylic acids is 1. The number of amides is 1. The molecule has 1 aliphatic rings. The number of pyridine rings is 1. The molecule has 1 amide bonds. The number of benzene rings is 2. The van der Waals surface area contributed by atoms with E-state index in [9.17, 15) is 14.7 Å². The summed E-state index contributed by atoms with van der Waals surface area (Å²) < 4.78 is 11.5. The number of nitrogens with one attached hydrogen (secondary N) is 1. The maximum Gasteiger partial charge on any atom is 0.354 e. The summed E-state index contributed by atoms with van der Waals surface area (Å²) in [5.74, 6) is -0.215. The molecule has 8 nitrogen and oxygen atoms in total. The lowest BCUT2D eigenvalue weighted by molar-refractivity contribution is 0.0690. The first kappa shape index (κ1) is 24.2. The van der Waals surface area contributed by atoms with Gasteiger partial charge in [0.05, 0.1) is 12.3 Å². The van der Waals surface area contributed by atoms with Crippen molar-refractivity contribution < 1.29 is 23.8 Å². The summed E-state index contributed by atoms with van der Waals surface area (Å²) >= 11 is 0. The van der Waals surface area contributed by atoms with Gasteiger partial charge in [-0.05, 0) is 60.9 Å². The van der Waals surface area contributed by atoms with Gasteiger partial charge in [-0.2, -0.15) is 0 Å². The molecule has 0 radical (unpaired) electrons. The van der Waals surface area contributed by atoms with Crippen LogP contribution in [-0.2, 0) is 6.42 Å². The third kappa shape index (κ3) is 5.86. The summed E-state index contributed by atoms with van der Waals surface area (Å²) in [6.45, 7) is 0.830. The number of aromatic nitrogens is 2. The molecule has 0 fully saturated rings. The van der Waals surface area contributed by atoms with Gasteiger partial charge in [0, 0.05) is 23.9 Å². The van der Waals surface area contributed by atoms with Crippen molar-refractivity contribution in [3.63, 3.8) is 0 Å². The highest BCUT2D eigenvalue weighted by Crippen LogP contribution is 2.25. The second-order valence-corrected chi connectivity index (χ2v) is 8.98. The van der Waals surface area contributed by atoms with Crippen LogP contribution in [0.1, 0.15) is 45.9 Å². The van der Waals surface area contributed by atoms with Crippen molar-refractivity contribution in [2.75, 3.05) is 13.2 Å². The van der Waals surface area contributed by atoms with Gasteiger partial charge < -0.3 is 19.6 Å². The van der Waals surface area contributed by atoms with E-state index >= 15 is 0 Å². The van der Waals surface area contributed by atoms with Gasteiger partial charge in [-0.15, -0.1) is 0 Å². The first-order valence-corrected chi connectivity index (χ1v) is 12.3. The quantitative estimate of drug-likeness (QED) is 0.302. The molecule has 8 heteroatoms. The predicted octanol–water partition coefficient (Wildman–Crippen LogP) is 5.30. The van der Waals surface area contributed by atoms with E-state index in [1.807, 2.05) is 30.3 Å². The van der Waals surface area contributed by atoms with E-state index < -0.39 is 11.9 Å². The molecule has 1 atom stereocenters. The van der Waals surface area contributed by atoms with E-state index in [1.54, 1.807) is 24.5 Å². The number of ether oxygens (including phenoxy) is 1. The number of nitrogens with zero attached hydrogens (tertiary/aromatic N) is 2. The zero-order chi connectivity index (χ0) is 25.6. The molecule has 2 N–H and O–H groups in total. The summed E-state index contributed by atoms with van der Waals surface area (Å²) in [6.07, 6.45) is 9.56. The van der Waals surface area contributed by atoms with Crippen LogP contribution < -0.4 is 10.1 Å². The number of allylic oxidation sites excluding steroid dienone is 1. The number of carbonyl (C=O) groups is 2. The topological polar surface area (TPSA) is 115 Å². The maximum absolute atomic E-state index is 13.1. The van der Waals surface area contributed by atoms with E-state index in [-0.39, 0.29) is 17.3 Å². The molecule has 1 aliphatic carbocycles. The second kappa shape index (κ2) is 11.1. The lowest BCUT2D eigenvalue weighted by Gasteiger charge is -2.17. The Labute approximate surface area is 214 Å². The number of hydrogen-bond acceptors (Lipinski definition) is 6. The van der Waals surface area contributed by atoms with Gasteiger partial charge in [0.2, 0.25) is 5.89 Å². The summed E-state index contributed by atoms with van der Waals surface area (Å²) in [7, 11) is 0. The smallest absolute Gasteiger partial charge is 0.354 e. The van der Waals surface area contributed by atoms with Gasteiger partial charge in [-0.3, -0.25) is 4.79 Å². The minimum atomic E-state index is -1.19. The number of hydrogen-bond donors (Lipinski definition) is 2. The van der Waals surface area contributed by atoms with Crippen LogP contribution in [0.15, 0.2) is 77.4 Å². The van der Waals surface area contributed by atoms with E-state index in [1.165, 1.54) is 6.07 Å². The Hall–Kier alpha value is -4.46. The molecule has 2 aromatic heterocycles. The minimum Gasteiger partial charge on any atom is -0.493 e. The molecule has 1 unspecified atom stereocenters. The molecule has 0 bridgehead atoms. The molecule has 0 aliphatic heterocycles. The monoisotopic (exact) mass is 497 g/mol. The lowest BCUT2D eigenvalue weighted by Crippen LogP contribution is -2.30. The molecule has 0 spiro atoms. The van der Waals surface area contributed by atoms with E-state index in [0.29, 0.717) is 42.0 Å². The summed E-state index contributed by atoms with van der Waals surface area (Å²) in [4.78, 5) is 33.3. The molecule has 188 valence electrons. The normalized spacial score (nSPS) is 15.0. The van der Waals surface area contributed by atoms with Crippen LogP contribution in [0.2, 0.25) is 0 Å². The fraction of sp³-hybridized carbons (Fsp3) is 0.241. The predicted molar refractivity (Wildman–Crippen MR) is 139 cm³/mol. The number of rotatable bonds is 9. The van der Waals surface area contributed by atoms with Crippen LogP contribution in [0.5, 0.6) is 5.75 Å². The van der Waals surface area contributed by atoms with Gasteiger partial charge in [0.15, 0.2) is 0 Å². The maximum atomic E-state index is 13.1. The Morgan fingerprint density at radius 3 is 2.76 bits per heavy atom. The van der Waals surface area contributed by atoms with Gasteiger partial charge in [0.25, 0.3) is 5.91 Å². The average molecular weight is 498 g/mol. The van der Waals surface area contributed by atoms with Crippen LogP contribution in [0.4, 0.5) is 0 Å². The SMILES string of the molecule is O=C(O)c1cc2ccc(OCCc3coc(-c4ccccc4)n3)cc2c(C(=O)NCC2C=CCCC2)n1.